The van der Waals surface area contributed by atoms with Gasteiger partial charge in [-0.05, 0) is 36.8 Å². The topological polar surface area (TPSA) is 7.12 Å². The summed E-state index contributed by atoms with van der Waals surface area (Å²) in [7, 11) is 0. The molecular weight excluding hydrogens is 384 g/mol. The van der Waals surface area contributed by atoms with E-state index in [1.807, 2.05) is 11.8 Å². The molecule has 0 amide bonds. The number of pyridine rings is 1. The predicted molar refractivity (Wildman–Crippen MR) is 131 cm³/mol. The molecule has 0 unspecified atom stereocenters. The van der Waals surface area contributed by atoms with Gasteiger partial charge in [-0.3, -0.25) is 0 Å². The highest BCUT2D eigenvalue weighted by Crippen LogP contribution is 2.45. The molecule has 0 saturated carbocycles. The van der Waals surface area contributed by atoms with Crippen molar-refractivity contribution in [3.8, 4) is 0 Å². The van der Waals surface area contributed by atoms with Gasteiger partial charge in [0.15, 0.2) is 0 Å². The maximum Gasteiger partial charge on any atom is 0.212 e. The first-order chi connectivity index (χ1) is 14.8. The Hall–Kier alpha value is -2.52. The number of hydrogen-bond acceptors (Lipinski definition) is 2. The van der Waals surface area contributed by atoms with Gasteiger partial charge in [-0.15, -0.1) is 0 Å². The lowest BCUT2D eigenvalue weighted by atomic mass is 10.1. The molecule has 154 valence electrons. The number of para-hydroxylation sites is 2. The lowest BCUT2D eigenvalue weighted by molar-refractivity contribution is -0.673. The number of benzene rings is 2. The standard InChI is InChI=1S/C27H31N2S/c1-3-5-20-28-23(19-18-22-12-7-8-14-24(22)28)13-11-17-27-29(21-6-4-2)25-15-9-10-16-26(25)30-27/h7-19H,3-6,20-21H2,1-2H3/q+1. The van der Waals surface area contributed by atoms with E-state index in [4.69, 9.17) is 0 Å². The molecule has 30 heavy (non-hydrogen) atoms. The zero-order valence-corrected chi connectivity index (χ0v) is 18.9. The number of fused-ring (bicyclic) bond motifs is 2. The van der Waals surface area contributed by atoms with E-state index in [-0.39, 0.29) is 0 Å². The zero-order chi connectivity index (χ0) is 20.8. The third-order valence-electron chi connectivity index (χ3n) is 5.59. The molecule has 0 bridgehead atoms. The highest BCUT2D eigenvalue weighted by atomic mass is 32.2. The van der Waals surface area contributed by atoms with Crippen LogP contribution in [0, 0.1) is 0 Å². The summed E-state index contributed by atoms with van der Waals surface area (Å²) in [5, 5.41) is 2.62. The molecule has 2 aromatic carbocycles. The molecule has 0 aliphatic carbocycles. The molecular formula is C27H31N2S+. The molecule has 2 nitrogen and oxygen atoms in total. The minimum absolute atomic E-state index is 1.05. The van der Waals surface area contributed by atoms with Crippen LogP contribution in [0.3, 0.4) is 0 Å². The number of anilines is 1. The molecule has 0 fully saturated rings. The van der Waals surface area contributed by atoms with Gasteiger partial charge in [0.05, 0.1) is 10.7 Å². The normalized spacial score (nSPS) is 14.9. The molecule has 4 rings (SSSR count). The first-order valence-electron chi connectivity index (χ1n) is 11.2. The van der Waals surface area contributed by atoms with E-state index in [1.54, 1.807) is 0 Å². The average molecular weight is 416 g/mol. The monoisotopic (exact) mass is 415 g/mol. The molecule has 2 heterocycles. The number of allylic oxidation sites excluding steroid dienone is 2. The summed E-state index contributed by atoms with van der Waals surface area (Å²) in [5.74, 6) is 0. The Morgan fingerprint density at radius 3 is 2.57 bits per heavy atom. The van der Waals surface area contributed by atoms with Gasteiger partial charge in [0.1, 0.15) is 6.54 Å². The lowest BCUT2D eigenvalue weighted by Gasteiger charge is -2.19. The second-order valence-corrected chi connectivity index (χ2v) is 8.82. The number of aryl methyl sites for hydroxylation is 1. The highest BCUT2D eigenvalue weighted by molar-refractivity contribution is 8.03. The van der Waals surface area contributed by atoms with Crippen molar-refractivity contribution in [2.75, 3.05) is 11.4 Å². The van der Waals surface area contributed by atoms with Crippen LogP contribution in [0.4, 0.5) is 5.69 Å². The average Bonchev–Trinajstić information content (AvgIpc) is 3.14. The SMILES string of the molecule is CCCCN1C(=CC=Cc2ccc3ccccc3[n+]2CCCC)Sc2ccccc21. The van der Waals surface area contributed by atoms with Crippen molar-refractivity contribution >= 4 is 34.4 Å². The number of hydrogen-bond donors (Lipinski definition) is 0. The summed E-state index contributed by atoms with van der Waals surface area (Å²) in [4.78, 5) is 3.83. The first kappa shape index (κ1) is 20.7. The minimum Gasteiger partial charge on any atom is -0.335 e. The Bertz CT molecular complexity index is 1070. The predicted octanol–water partition coefficient (Wildman–Crippen LogP) is 7.19. The Morgan fingerprint density at radius 1 is 0.900 bits per heavy atom. The van der Waals surface area contributed by atoms with Crippen molar-refractivity contribution in [3.63, 3.8) is 0 Å². The largest absolute Gasteiger partial charge is 0.335 e. The summed E-state index contributed by atoms with van der Waals surface area (Å²) in [6, 6.07) is 21.9. The van der Waals surface area contributed by atoms with Gasteiger partial charge in [0.25, 0.3) is 0 Å². The van der Waals surface area contributed by atoms with Crippen LogP contribution in [0.25, 0.3) is 17.0 Å². The molecule has 0 spiro atoms. The molecule has 1 aliphatic heterocycles. The van der Waals surface area contributed by atoms with Gasteiger partial charge in [0.2, 0.25) is 11.2 Å². The van der Waals surface area contributed by atoms with Gasteiger partial charge in [0, 0.05) is 41.5 Å². The third-order valence-corrected chi connectivity index (χ3v) is 6.72. The lowest BCUT2D eigenvalue weighted by Crippen LogP contribution is -2.37. The molecule has 1 aromatic heterocycles. The van der Waals surface area contributed by atoms with Crippen LogP contribution in [0.15, 0.2) is 82.7 Å². The van der Waals surface area contributed by atoms with Crippen molar-refractivity contribution < 1.29 is 4.57 Å². The van der Waals surface area contributed by atoms with E-state index in [9.17, 15) is 0 Å². The van der Waals surface area contributed by atoms with Crippen LogP contribution in [0.2, 0.25) is 0 Å². The summed E-state index contributed by atoms with van der Waals surface area (Å²) in [6.07, 6.45) is 11.6. The summed E-state index contributed by atoms with van der Waals surface area (Å²) in [6.45, 7) is 6.64. The van der Waals surface area contributed by atoms with Crippen LogP contribution in [0.5, 0.6) is 0 Å². The van der Waals surface area contributed by atoms with Crippen molar-refractivity contribution in [1.29, 1.82) is 0 Å². The quantitative estimate of drug-likeness (QED) is 0.359. The maximum atomic E-state index is 2.47. The van der Waals surface area contributed by atoms with Gasteiger partial charge >= 0.3 is 0 Å². The number of aromatic nitrogens is 1. The van der Waals surface area contributed by atoms with E-state index >= 15 is 0 Å². The second kappa shape index (κ2) is 9.99. The fourth-order valence-electron chi connectivity index (χ4n) is 3.94. The first-order valence-corrected chi connectivity index (χ1v) is 12.0. The molecule has 0 saturated heterocycles. The van der Waals surface area contributed by atoms with Crippen molar-refractivity contribution in [2.45, 2.75) is 51.0 Å². The number of unbranched alkanes of at least 4 members (excludes halogenated alkanes) is 2. The van der Waals surface area contributed by atoms with Crippen LogP contribution < -0.4 is 9.47 Å². The van der Waals surface area contributed by atoms with E-state index in [2.05, 4.69) is 102 Å². The third kappa shape index (κ3) is 4.46. The summed E-state index contributed by atoms with van der Waals surface area (Å²) < 4.78 is 2.46. The smallest absolute Gasteiger partial charge is 0.212 e. The summed E-state index contributed by atoms with van der Waals surface area (Å²) in [5.41, 5.74) is 3.92. The molecule has 0 radical (unpaired) electrons. The van der Waals surface area contributed by atoms with Crippen LogP contribution in [0.1, 0.15) is 45.2 Å². The fourth-order valence-corrected chi connectivity index (χ4v) is 5.04. The van der Waals surface area contributed by atoms with Crippen LogP contribution in [-0.2, 0) is 6.54 Å². The zero-order valence-electron chi connectivity index (χ0n) is 18.1. The number of nitrogens with zero attached hydrogens (tertiary/aromatic N) is 2. The molecule has 0 atom stereocenters. The van der Waals surface area contributed by atoms with Crippen molar-refractivity contribution in [3.05, 3.63) is 83.5 Å². The summed E-state index contributed by atoms with van der Waals surface area (Å²) >= 11 is 1.88. The van der Waals surface area contributed by atoms with Gasteiger partial charge in [-0.2, -0.15) is 4.57 Å². The maximum absolute atomic E-state index is 2.47. The van der Waals surface area contributed by atoms with E-state index in [0.717, 1.165) is 13.1 Å². The van der Waals surface area contributed by atoms with E-state index < -0.39 is 0 Å². The van der Waals surface area contributed by atoms with Crippen molar-refractivity contribution in [1.82, 2.24) is 0 Å². The number of thioether (sulfide) groups is 1. The molecule has 3 heteroatoms. The van der Waals surface area contributed by atoms with Crippen LogP contribution >= 0.6 is 11.8 Å². The Labute approximate surface area is 184 Å². The van der Waals surface area contributed by atoms with E-state index in [0.29, 0.717) is 0 Å². The van der Waals surface area contributed by atoms with Crippen LogP contribution in [-0.4, -0.2) is 6.54 Å². The van der Waals surface area contributed by atoms with Gasteiger partial charge < -0.3 is 4.90 Å². The van der Waals surface area contributed by atoms with E-state index in [1.165, 1.54) is 57.9 Å². The Kier molecular flexibility index (Phi) is 6.91. The molecule has 1 aliphatic rings. The van der Waals surface area contributed by atoms with Crippen molar-refractivity contribution in [2.24, 2.45) is 0 Å². The number of rotatable bonds is 8. The molecule has 3 aromatic rings. The molecule has 0 N–H and O–H groups in total. The minimum atomic E-state index is 1.05. The highest BCUT2D eigenvalue weighted by Gasteiger charge is 2.23. The second-order valence-electron chi connectivity index (χ2n) is 7.76. The Balaban J connectivity index is 1.63. The van der Waals surface area contributed by atoms with Gasteiger partial charge in [-0.1, -0.05) is 68.8 Å². The Morgan fingerprint density at radius 2 is 1.70 bits per heavy atom. The van der Waals surface area contributed by atoms with Gasteiger partial charge in [-0.25, -0.2) is 0 Å². The fraction of sp³-hybridized carbons (Fsp3) is 0.296.